The summed E-state index contributed by atoms with van der Waals surface area (Å²) in [5.41, 5.74) is 13.8. The summed E-state index contributed by atoms with van der Waals surface area (Å²) in [5, 5.41) is 9.92. The lowest BCUT2D eigenvalue weighted by molar-refractivity contribution is -0.124. The minimum absolute atomic E-state index is 0.0162. The number of carbonyl (C=O) groups excluding carboxylic acids is 1. The molecular formula is C78H111N3O2S2. The monoisotopic (exact) mass is 1190 g/mol. The van der Waals surface area contributed by atoms with Gasteiger partial charge in [-0.15, -0.1) is 22.7 Å². The lowest BCUT2D eigenvalue weighted by Gasteiger charge is -2.28. The molecule has 0 aliphatic carbocycles. The van der Waals surface area contributed by atoms with Crippen LogP contribution in [0, 0.1) is 17.9 Å². The number of ether oxygens (including phenoxy) is 1. The van der Waals surface area contributed by atoms with E-state index in [1.807, 2.05) is 18.3 Å². The Bertz CT molecular complexity index is 2780. The van der Waals surface area contributed by atoms with E-state index in [4.69, 9.17) is 11.3 Å². The minimum atomic E-state index is 0.0162. The zero-order chi connectivity index (χ0) is 60.5. The summed E-state index contributed by atoms with van der Waals surface area (Å²) in [4.78, 5) is 22.5. The van der Waals surface area contributed by atoms with E-state index >= 15 is 0 Å². The lowest BCUT2D eigenvalue weighted by atomic mass is 9.94. The van der Waals surface area contributed by atoms with Gasteiger partial charge in [0, 0.05) is 42.6 Å². The Morgan fingerprint density at radius 3 is 1.18 bits per heavy atom. The second-order valence-corrected chi connectivity index (χ2v) is 26.6. The first kappa shape index (κ1) is 70.6. The van der Waals surface area contributed by atoms with Crippen LogP contribution < -0.4 is 4.90 Å². The fourth-order valence-electron chi connectivity index (χ4n) is 12.1. The van der Waals surface area contributed by atoms with Gasteiger partial charge in [-0.3, -0.25) is 4.79 Å². The Balaban J connectivity index is 1.65. The SMILES string of the molecule is [C-]#[N+]/C(C)=C\c1cc(CCCCCC)c(-c2ccc(N(c3ccc(CCCCCCCCCCCC)cc3)c3ccc(-c4sc(/C=C(\C#N)OC=O)cc4CCCCCC)c(CCCCCCCCCC)c3)cc2CCCCCCCCCC)s1. The van der Waals surface area contributed by atoms with Crippen molar-refractivity contribution >= 4 is 58.4 Å². The number of hydrogen-bond acceptors (Lipinski definition) is 6. The highest BCUT2D eigenvalue weighted by atomic mass is 32.1. The second-order valence-electron chi connectivity index (χ2n) is 24.4. The van der Waals surface area contributed by atoms with Gasteiger partial charge in [-0.1, -0.05) is 245 Å². The molecule has 2 aromatic heterocycles. The van der Waals surface area contributed by atoms with Gasteiger partial charge >= 0.3 is 0 Å². The van der Waals surface area contributed by atoms with Gasteiger partial charge in [-0.2, -0.15) is 5.26 Å². The van der Waals surface area contributed by atoms with Crippen LogP contribution in [0.4, 0.5) is 17.1 Å². The zero-order valence-electron chi connectivity index (χ0n) is 54.2. The molecule has 0 saturated carbocycles. The van der Waals surface area contributed by atoms with Gasteiger partial charge in [0.2, 0.25) is 5.76 Å². The van der Waals surface area contributed by atoms with Gasteiger partial charge in [0.05, 0.1) is 6.57 Å². The van der Waals surface area contributed by atoms with Crippen LogP contribution in [0.15, 0.2) is 84.3 Å². The molecule has 0 N–H and O–H groups in total. The van der Waals surface area contributed by atoms with E-state index < -0.39 is 0 Å². The Kier molecular flexibility index (Phi) is 36.0. The van der Waals surface area contributed by atoms with Crippen molar-refractivity contribution in [3.63, 3.8) is 0 Å². The Morgan fingerprint density at radius 2 is 0.800 bits per heavy atom. The molecule has 5 nitrogen and oxygen atoms in total. The van der Waals surface area contributed by atoms with Gasteiger partial charge in [0.15, 0.2) is 5.70 Å². The average molecular weight is 1190 g/mol. The summed E-state index contributed by atoms with van der Waals surface area (Å²) < 4.78 is 5.12. The minimum Gasteiger partial charge on any atom is -0.417 e. The molecule has 3 aromatic carbocycles. The van der Waals surface area contributed by atoms with Crippen LogP contribution in [-0.2, 0) is 41.6 Å². The third kappa shape index (κ3) is 26.0. The topological polar surface area (TPSA) is 57.7 Å². The number of aryl methyl sites for hydroxylation is 5. The quantitative estimate of drug-likeness (QED) is 0.0128. The molecule has 0 aliphatic heterocycles. The number of unbranched alkanes of at least 4 members (excludes halogenated alkanes) is 29. The second kappa shape index (κ2) is 43.4. The Labute approximate surface area is 527 Å². The number of hydrogen-bond donors (Lipinski definition) is 0. The Morgan fingerprint density at radius 1 is 0.459 bits per heavy atom. The van der Waals surface area contributed by atoms with E-state index in [2.05, 4.69) is 129 Å². The predicted octanol–water partition coefficient (Wildman–Crippen LogP) is 26.0. The summed E-state index contributed by atoms with van der Waals surface area (Å²) in [7, 11) is 0. The van der Waals surface area contributed by atoms with Crippen LogP contribution >= 0.6 is 22.7 Å². The normalized spacial score (nSPS) is 11.8. The first-order chi connectivity index (χ1) is 41.8. The van der Waals surface area contributed by atoms with Crippen molar-refractivity contribution in [1.29, 1.82) is 5.26 Å². The van der Waals surface area contributed by atoms with E-state index in [9.17, 15) is 10.1 Å². The maximum Gasteiger partial charge on any atom is 0.299 e. The van der Waals surface area contributed by atoms with Gasteiger partial charge in [0.25, 0.3) is 6.47 Å². The maximum atomic E-state index is 11.4. The van der Waals surface area contributed by atoms with E-state index in [0.29, 0.717) is 6.47 Å². The van der Waals surface area contributed by atoms with E-state index in [0.717, 1.165) is 61.9 Å². The fourth-order valence-corrected chi connectivity index (χ4v) is 14.6. The number of anilines is 3. The number of rotatable bonds is 48. The van der Waals surface area contributed by atoms with Gasteiger partial charge < -0.3 is 9.64 Å². The van der Waals surface area contributed by atoms with Crippen LogP contribution in [0.3, 0.4) is 0 Å². The molecule has 0 spiro atoms. The molecule has 0 radical (unpaired) electrons. The molecule has 462 valence electrons. The summed E-state index contributed by atoms with van der Waals surface area (Å²) in [6.45, 7) is 21.5. The molecule has 0 aliphatic rings. The fraction of sp³-hybridized carbons (Fsp3) is 0.577. The summed E-state index contributed by atoms with van der Waals surface area (Å²) >= 11 is 3.59. The van der Waals surface area contributed by atoms with E-state index in [1.54, 1.807) is 17.4 Å². The van der Waals surface area contributed by atoms with Crippen LogP contribution in [0.2, 0.25) is 0 Å². The molecular weight excluding hydrogens is 1080 g/mol. The highest BCUT2D eigenvalue weighted by Crippen LogP contribution is 2.45. The number of nitrogens with zero attached hydrogens (tertiary/aromatic N) is 3. The van der Waals surface area contributed by atoms with Crippen molar-refractivity contribution in [2.24, 2.45) is 0 Å². The molecule has 0 unspecified atom stereocenters. The van der Waals surface area contributed by atoms with Gasteiger partial charge in [-0.25, -0.2) is 4.85 Å². The third-order valence-corrected chi connectivity index (χ3v) is 19.5. The van der Waals surface area contributed by atoms with Gasteiger partial charge in [0.1, 0.15) is 6.07 Å². The molecule has 85 heavy (non-hydrogen) atoms. The number of benzene rings is 3. The number of nitriles is 1. The van der Waals surface area contributed by atoms with Crippen molar-refractivity contribution in [3.05, 3.63) is 133 Å². The molecule has 0 fully saturated rings. The lowest BCUT2D eigenvalue weighted by Crippen LogP contribution is -2.11. The van der Waals surface area contributed by atoms with Crippen LogP contribution in [0.1, 0.15) is 297 Å². The highest BCUT2D eigenvalue weighted by molar-refractivity contribution is 7.17. The molecule has 5 aromatic rings. The van der Waals surface area contributed by atoms with Crippen LogP contribution in [0.5, 0.6) is 0 Å². The highest BCUT2D eigenvalue weighted by Gasteiger charge is 2.22. The van der Waals surface area contributed by atoms with Crippen LogP contribution in [-0.4, -0.2) is 6.47 Å². The predicted molar refractivity (Wildman–Crippen MR) is 373 cm³/mol. The maximum absolute atomic E-state index is 11.4. The smallest absolute Gasteiger partial charge is 0.299 e. The number of thiophene rings is 2. The molecule has 0 atom stereocenters. The van der Waals surface area contributed by atoms with Crippen molar-refractivity contribution in [3.8, 4) is 27.0 Å². The summed E-state index contributed by atoms with van der Waals surface area (Å²) in [5.74, 6) is 0.0162. The first-order valence-electron chi connectivity index (χ1n) is 34.5. The van der Waals surface area contributed by atoms with Crippen molar-refractivity contribution in [2.75, 3.05) is 4.90 Å². The molecule has 7 heteroatoms. The number of carbonyl (C=O) groups is 1. The molecule has 0 amide bonds. The number of allylic oxidation sites excluding steroid dienone is 2. The largest absolute Gasteiger partial charge is 0.417 e. The Hall–Kier alpha value is -5.21. The van der Waals surface area contributed by atoms with E-state index in [1.165, 1.54) is 270 Å². The summed E-state index contributed by atoms with van der Waals surface area (Å²) in [6.07, 6.45) is 52.4. The molecule has 5 rings (SSSR count). The molecule has 0 saturated heterocycles. The average Bonchev–Trinajstić information content (AvgIpc) is 4.31. The molecule has 2 heterocycles. The third-order valence-electron chi connectivity index (χ3n) is 17.1. The van der Waals surface area contributed by atoms with Crippen molar-refractivity contribution < 1.29 is 9.53 Å². The standard InChI is InChI=1S/C78H111N3O2S2/c1-8-13-18-23-26-29-30-31-34-37-42-64-47-49-69(50-48-64)81(70-51-53-75(65(56-70)43-40-35-32-27-24-19-14-9-2)77-67(45-38-21-16-11-4)58-73(84-77)55-63(6)80-7)71-52-54-76(66(57-71)44-41-36-33-28-25-20-15-10-3)78-68(46-39-22-17-12-5)59-74(85-78)60-72(61-79)83-62-82/h47-60,62H,8-46H2,1-6H3/b63-55-,72-60+. The van der Waals surface area contributed by atoms with Crippen molar-refractivity contribution in [2.45, 2.75) is 292 Å². The summed E-state index contributed by atoms with van der Waals surface area (Å²) in [6, 6.07) is 31.0. The van der Waals surface area contributed by atoms with Crippen molar-refractivity contribution in [1.82, 2.24) is 0 Å². The van der Waals surface area contributed by atoms with E-state index in [-0.39, 0.29) is 5.76 Å². The zero-order valence-corrected chi connectivity index (χ0v) is 55.8. The van der Waals surface area contributed by atoms with Gasteiger partial charge in [-0.05, 0) is 165 Å². The molecule has 0 bridgehead atoms. The first-order valence-corrected chi connectivity index (χ1v) is 36.1. The van der Waals surface area contributed by atoms with Crippen LogP contribution in [0.25, 0.3) is 37.9 Å².